The topological polar surface area (TPSA) is 71.8 Å². The summed E-state index contributed by atoms with van der Waals surface area (Å²) in [7, 11) is 0. The van der Waals surface area contributed by atoms with E-state index in [0.29, 0.717) is 5.82 Å². The van der Waals surface area contributed by atoms with Crippen molar-refractivity contribution >= 4 is 17.6 Å². The molecule has 0 bridgehead atoms. The molecule has 14 heavy (non-hydrogen) atoms. The molecule has 1 N–H and O–H groups in total. The first kappa shape index (κ1) is 11.0. The summed E-state index contributed by atoms with van der Waals surface area (Å²) in [6, 6.07) is 0. The fourth-order valence-electron chi connectivity index (χ4n) is 1.17. The van der Waals surface area contributed by atoms with Crippen molar-refractivity contribution in [3.05, 3.63) is 22.1 Å². The molecule has 0 spiro atoms. The molecule has 1 rings (SSSR count). The monoisotopic (exact) mass is 215 g/mol. The van der Waals surface area contributed by atoms with Crippen LogP contribution in [0.25, 0.3) is 0 Å². The van der Waals surface area contributed by atoms with Gasteiger partial charge in [0.25, 0.3) is 0 Å². The maximum atomic E-state index is 10.4. The maximum absolute atomic E-state index is 10.4. The van der Waals surface area contributed by atoms with Crippen LogP contribution in [-0.4, -0.2) is 20.6 Å². The van der Waals surface area contributed by atoms with Crippen molar-refractivity contribution in [1.82, 2.24) is 9.97 Å². The SMILES string of the molecule is CCSC(CC)c1ncc([N+](=O)[O-])[nH]1. The van der Waals surface area contributed by atoms with E-state index in [1.54, 1.807) is 11.8 Å². The van der Waals surface area contributed by atoms with E-state index in [4.69, 9.17) is 0 Å². The van der Waals surface area contributed by atoms with Crippen molar-refractivity contribution in [2.24, 2.45) is 0 Å². The van der Waals surface area contributed by atoms with Crippen LogP contribution in [0, 0.1) is 10.1 Å². The zero-order valence-corrected chi connectivity index (χ0v) is 9.00. The standard InChI is InChI=1S/C8H13N3O2S/c1-3-6(14-4-2)8-9-5-7(10-8)11(12)13/h5-6H,3-4H2,1-2H3,(H,9,10). The Labute approximate surface area is 86.5 Å². The highest BCUT2D eigenvalue weighted by molar-refractivity contribution is 7.99. The number of hydrogen-bond acceptors (Lipinski definition) is 4. The lowest BCUT2D eigenvalue weighted by Crippen LogP contribution is -1.96. The average Bonchev–Trinajstić information content (AvgIpc) is 2.63. The number of nitrogens with zero attached hydrogens (tertiary/aromatic N) is 2. The fraction of sp³-hybridized carbons (Fsp3) is 0.625. The Bertz CT molecular complexity index is 313. The summed E-state index contributed by atoms with van der Waals surface area (Å²) in [6.45, 7) is 4.10. The minimum absolute atomic E-state index is 0.0323. The molecule has 0 fully saturated rings. The molecule has 0 amide bonds. The number of aromatic nitrogens is 2. The molecule has 0 aliphatic rings. The minimum Gasteiger partial charge on any atom is -0.358 e. The van der Waals surface area contributed by atoms with Gasteiger partial charge in [-0.25, -0.2) is 9.97 Å². The fourth-order valence-corrected chi connectivity index (χ4v) is 2.09. The number of aromatic amines is 1. The van der Waals surface area contributed by atoms with Crippen molar-refractivity contribution in [3.63, 3.8) is 0 Å². The molecule has 78 valence electrons. The van der Waals surface area contributed by atoms with E-state index in [0.717, 1.165) is 12.2 Å². The van der Waals surface area contributed by atoms with Gasteiger partial charge in [-0.3, -0.25) is 0 Å². The number of rotatable bonds is 5. The largest absolute Gasteiger partial charge is 0.358 e. The Morgan fingerprint density at radius 1 is 1.71 bits per heavy atom. The predicted octanol–water partition coefficient (Wildman–Crippen LogP) is 2.52. The summed E-state index contributed by atoms with van der Waals surface area (Å²) < 4.78 is 0. The van der Waals surface area contributed by atoms with Gasteiger partial charge < -0.3 is 10.1 Å². The van der Waals surface area contributed by atoms with Crippen LogP contribution in [0.1, 0.15) is 31.3 Å². The third kappa shape index (κ3) is 2.47. The van der Waals surface area contributed by atoms with Crippen LogP contribution >= 0.6 is 11.8 Å². The molecule has 1 aromatic rings. The number of thioether (sulfide) groups is 1. The van der Waals surface area contributed by atoms with E-state index in [9.17, 15) is 10.1 Å². The van der Waals surface area contributed by atoms with Gasteiger partial charge in [-0.15, -0.1) is 11.8 Å². The quantitative estimate of drug-likeness (QED) is 0.605. The average molecular weight is 215 g/mol. The molecule has 0 radical (unpaired) electrons. The Morgan fingerprint density at radius 3 is 2.86 bits per heavy atom. The molecule has 1 unspecified atom stereocenters. The molecule has 1 heterocycles. The summed E-state index contributed by atoms with van der Waals surface area (Å²) in [5, 5.41) is 10.6. The molecule has 6 heteroatoms. The number of nitrogens with one attached hydrogen (secondary N) is 1. The molecule has 0 aliphatic carbocycles. The Hall–Kier alpha value is -1.04. The second-order valence-corrected chi connectivity index (χ2v) is 4.24. The highest BCUT2D eigenvalue weighted by Gasteiger charge is 2.18. The second-order valence-electron chi connectivity index (χ2n) is 2.76. The number of imidazole rings is 1. The van der Waals surface area contributed by atoms with E-state index < -0.39 is 4.92 Å². The van der Waals surface area contributed by atoms with Crippen molar-refractivity contribution in [1.29, 1.82) is 0 Å². The highest BCUT2D eigenvalue weighted by atomic mass is 32.2. The summed E-state index contributed by atoms with van der Waals surface area (Å²) in [5.41, 5.74) is 0. The van der Waals surface area contributed by atoms with Crippen molar-refractivity contribution in [2.45, 2.75) is 25.5 Å². The van der Waals surface area contributed by atoms with Crippen LogP contribution in [0.2, 0.25) is 0 Å². The van der Waals surface area contributed by atoms with E-state index in [1.165, 1.54) is 6.20 Å². The summed E-state index contributed by atoms with van der Waals surface area (Å²) in [5.74, 6) is 1.65. The van der Waals surface area contributed by atoms with E-state index in [2.05, 4.69) is 16.9 Å². The van der Waals surface area contributed by atoms with Gasteiger partial charge in [-0.1, -0.05) is 13.8 Å². The summed E-state index contributed by atoms with van der Waals surface area (Å²) in [6.07, 6.45) is 2.19. The van der Waals surface area contributed by atoms with E-state index in [-0.39, 0.29) is 11.1 Å². The van der Waals surface area contributed by atoms with Gasteiger partial charge in [-0.05, 0) is 17.1 Å². The van der Waals surface area contributed by atoms with Gasteiger partial charge in [-0.2, -0.15) is 0 Å². The first-order valence-electron chi connectivity index (χ1n) is 4.49. The van der Waals surface area contributed by atoms with Crippen molar-refractivity contribution in [2.75, 3.05) is 5.75 Å². The molecule has 0 saturated heterocycles. The molecule has 0 aliphatic heterocycles. The Kier molecular flexibility index (Phi) is 3.94. The third-order valence-electron chi connectivity index (χ3n) is 1.82. The van der Waals surface area contributed by atoms with Crippen molar-refractivity contribution < 1.29 is 4.92 Å². The molecular weight excluding hydrogens is 202 g/mol. The summed E-state index contributed by atoms with van der Waals surface area (Å²) in [4.78, 5) is 16.7. The molecule has 1 aromatic heterocycles. The second kappa shape index (κ2) is 4.99. The van der Waals surface area contributed by atoms with Gasteiger partial charge in [0.15, 0.2) is 0 Å². The lowest BCUT2D eigenvalue weighted by atomic mass is 10.3. The Balaban J connectivity index is 2.78. The normalized spacial score (nSPS) is 12.7. The van der Waals surface area contributed by atoms with Gasteiger partial charge in [0.05, 0.1) is 5.25 Å². The highest BCUT2D eigenvalue weighted by Crippen LogP contribution is 2.30. The van der Waals surface area contributed by atoms with Crippen LogP contribution in [0.4, 0.5) is 5.82 Å². The molecular formula is C8H13N3O2S. The minimum atomic E-state index is -0.458. The van der Waals surface area contributed by atoms with Gasteiger partial charge in [0.2, 0.25) is 5.82 Å². The lowest BCUT2D eigenvalue weighted by molar-refractivity contribution is -0.389. The van der Waals surface area contributed by atoms with E-state index in [1.807, 2.05) is 6.92 Å². The van der Waals surface area contributed by atoms with Crippen LogP contribution in [0.15, 0.2) is 6.20 Å². The predicted molar refractivity (Wildman–Crippen MR) is 56.4 cm³/mol. The Morgan fingerprint density at radius 2 is 2.43 bits per heavy atom. The van der Waals surface area contributed by atoms with E-state index >= 15 is 0 Å². The number of hydrogen-bond donors (Lipinski definition) is 1. The molecule has 0 aromatic carbocycles. The smallest absolute Gasteiger partial charge is 0.340 e. The lowest BCUT2D eigenvalue weighted by Gasteiger charge is -2.06. The molecule has 5 nitrogen and oxygen atoms in total. The zero-order valence-electron chi connectivity index (χ0n) is 8.19. The molecule has 1 atom stereocenters. The first-order chi connectivity index (χ1) is 6.69. The summed E-state index contributed by atoms with van der Waals surface area (Å²) >= 11 is 1.74. The number of H-pyrrole nitrogens is 1. The zero-order chi connectivity index (χ0) is 10.6. The van der Waals surface area contributed by atoms with Crippen LogP contribution < -0.4 is 0 Å². The van der Waals surface area contributed by atoms with Crippen LogP contribution in [0.5, 0.6) is 0 Å². The van der Waals surface area contributed by atoms with Crippen molar-refractivity contribution in [3.8, 4) is 0 Å². The van der Waals surface area contributed by atoms with Gasteiger partial charge in [0, 0.05) is 0 Å². The maximum Gasteiger partial charge on any atom is 0.340 e. The van der Waals surface area contributed by atoms with Crippen LogP contribution in [0.3, 0.4) is 0 Å². The van der Waals surface area contributed by atoms with Gasteiger partial charge in [0.1, 0.15) is 6.20 Å². The third-order valence-corrected chi connectivity index (χ3v) is 3.11. The first-order valence-corrected chi connectivity index (χ1v) is 5.54. The molecule has 0 saturated carbocycles. The van der Waals surface area contributed by atoms with Crippen LogP contribution in [-0.2, 0) is 0 Å². The number of nitro groups is 1. The van der Waals surface area contributed by atoms with Gasteiger partial charge >= 0.3 is 5.82 Å².